The summed E-state index contributed by atoms with van der Waals surface area (Å²) in [5, 5.41) is 5.92. The fourth-order valence-corrected chi connectivity index (χ4v) is 1.81. The van der Waals surface area contributed by atoms with Gasteiger partial charge in [0.25, 0.3) is 0 Å². The van der Waals surface area contributed by atoms with Crippen LogP contribution in [-0.4, -0.2) is 30.5 Å². The van der Waals surface area contributed by atoms with Gasteiger partial charge in [0, 0.05) is 23.7 Å². The van der Waals surface area contributed by atoms with Crippen molar-refractivity contribution in [3.8, 4) is 0 Å². The molecule has 0 saturated carbocycles. The Morgan fingerprint density at radius 1 is 1.35 bits per heavy atom. The zero-order valence-corrected chi connectivity index (χ0v) is 10.6. The van der Waals surface area contributed by atoms with Crippen molar-refractivity contribution in [2.75, 3.05) is 29.9 Å². The molecule has 0 aliphatic heterocycles. The lowest BCUT2D eigenvalue weighted by Crippen LogP contribution is -2.31. The average molecular weight is 250 g/mol. The molecule has 0 bridgehead atoms. The summed E-state index contributed by atoms with van der Waals surface area (Å²) in [5.74, 6) is 1.87. The second-order valence-corrected chi connectivity index (χ2v) is 4.58. The first-order valence-electron chi connectivity index (χ1n) is 5.57. The Morgan fingerprint density at radius 2 is 2.12 bits per heavy atom. The molecule has 4 heteroatoms. The lowest BCUT2D eigenvalue weighted by molar-refractivity contribution is -0.119. The van der Waals surface area contributed by atoms with Gasteiger partial charge in [0.15, 0.2) is 0 Å². The monoisotopic (exact) mass is 250 g/mol. The summed E-state index contributed by atoms with van der Waals surface area (Å²) < 4.78 is 0. The van der Waals surface area contributed by atoms with Crippen molar-refractivity contribution < 1.29 is 4.79 Å². The quantitative estimate of drug-likeness (QED) is 0.548. The number of thioether (sulfide) groups is 1. The molecule has 3 nitrogen and oxygen atoms in total. The second-order valence-electron chi connectivity index (χ2n) is 3.43. The molecule has 0 aliphatic carbocycles. The summed E-state index contributed by atoms with van der Waals surface area (Å²) in [6, 6.07) is 9.70. The summed E-state index contributed by atoms with van der Waals surface area (Å²) in [7, 11) is 0. The van der Waals surface area contributed by atoms with E-state index in [0.717, 1.165) is 17.2 Å². The first-order valence-corrected chi connectivity index (χ1v) is 6.72. The van der Waals surface area contributed by atoms with Gasteiger partial charge in [0.1, 0.15) is 0 Å². The highest BCUT2D eigenvalue weighted by Crippen LogP contribution is 2.03. The zero-order valence-electron chi connectivity index (χ0n) is 9.82. The topological polar surface area (TPSA) is 41.1 Å². The number of nitrogens with one attached hydrogen (secondary N) is 2. The van der Waals surface area contributed by atoms with Gasteiger partial charge in [-0.2, -0.15) is 11.8 Å². The molecular formula is C13H18N2OS. The minimum Gasteiger partial charge on any atom is -0.376 e. The zero-order chi connectivity index (χ0) is 12.3. The number of anilines is 1. The van der Waals surface area contributed by atoms with Crippen LogP contribution < -0.4 is 10.6 Å². The Morgan fingerprint density at radius 3 is 2.82 bits per heavy atom. The number of rotatable bonds is 8. The molecule has 1 amide bonds. The summed E-state index contributed by atoms with van der Waals surface area (Å²) in [4.78, 5) is 11.4. The van der Waals surface area contributed by atoms with Gasteiger partial charge in [0.2, 0.25) is 5.91 Å². The largest absolute Gasteiger partial charge is 0.376 e. The summed E-state index contributed by atoms with van der Waals surface area (Å²) in [6.45, 7) is 4.66. The molecule has 0 atom stereocenters. The molecule has 1 rings (SSSR count). The van der Waals surface area contributed by atoms with Crippen LogP contribution in [0.2, 0.25) is 0 Å². The van der Waals surface area contributed by atoms with Crippen LogP contribution in [0, 0.1) is 0 Å². The van der Waals surface area contributed by atoms with Crippen LogP contribution in [-0.2, 0) is 4.79 Å². The summed E-state index contributed by atoms with van der Waals surface area (Å²) in [5.41, 5.74) is 0.962. The van der Waals surface area contributed by atoms with Gasteiger partial charge in [-0.1, -0.05) is 24.3 Å². The molecule has 0 fully saturated rings. The minimum absolute atomic E-state index is 0.0213. The lowest BCUT2D eigenvalue weighted by atomic mass is 10.3. The van der Waals surface area contributed by atoms with Crippen LogP contribution in [0.25, 0.3) is 0 Å². The maximum atomic E-state index is 11.4. The summed E-state index contributed by atoms with van der Waals surface area (Å²) >= 11 is 1.76. The molecular weight excluding hydrogens is 232 g/mol. The van der Waals surface area contributed by atoms with Crippen LogP contribution in [0.4, 0.5) is 5.69 Å². The number of benzene rings is 1. The van der Waals surface area contributed by atoms with E-state index in [1.54, 1.807) is 11.8 Å². The molecule has 0 spiro atoms. The third-order valence-corrected chi connectivity index (χ3v) is 3.00. The SMILES string of the molecule is C=CCSCCNC(=O)CNc1ccccc1. The Balaban J connectivity index is 2.07. The highest BCUT2D eigenvalue weighted by atomic mass is 32.2. The molecule has 0 heterocycles. The number of carbonyl (C=O) groups is 1. The van der Waals surface area contributed by atoms with Gasteiger partial charge in [0.05, 0.1) is 6.54 Å². The number of para-hydroxylation sites is 1. The van der Waals surface area contributed by atoms with Gasteiger partial charge < -0.3 is 10.6 Å². The highest BCUT2D eigenvalue weighted by molar-refractivity contribution is 7.99. The normalized spacial score (nSPS) is 9.65. The molecule has 2 N–H and O–H groups in total. The van der Waals surface area contributed by atoms with Gasteiger partial charge in [-0.3, -0.25) is 4.79 Å². The van der Waals surface area contributed by atoms with Crippen molar-refractivity contribution in [2.24, 2.45) is 0 Å². The third kappa shape index (κ3) is 6.68. The molecule has 0 saturated heterocycles. The van der Waals surface area contributed by atoms with Crippen LogP contribution in [0.3, 0.4) is 0 Å². The predicted molar refractivity (Wildman–Crippen MR) is 75.5 cm³/mol. The highest BCUT2D eigenvalue weighted by Gasteiger charge is 1.99. The number of hydrogen-bond acceptors (Lipinski definition) is 3. The van der Waals surface area contributed by atoms with Crippen molar-refractivity contribution in [2.45, 2.75) is 0 Å². The van der Waals surface area contributed by atoms with Crippen molar-refractivity contribution in [3.05, 3.63) is 43.0 Å². The molecule has 0 aromatic heterocycles. The van der Waals surface area contributed by atoms with Crippen molar-refractivity contribution >= 4 is 23.4 Å². The van der Waals surface area contributed by atoms with Crippen LogP contribution in [0.15, 0.2) is 43.0 Å². The molecule has 0 aliphatic rings. The van der Waals surface area contributed by atoms with Gasteiger partial charge in [-0.15, -0.1) is 6.58 Å². The van der Waals surface area contributed by atoms with E-state index in [2.05, 4.69) is 17.2 Å². The number of carbonyl (C=O) groups excluding carboxylic acids is 1. The van der Waals surface area contributed by atoms with Crippen LogP contribution >= 0.6 is 11.8 Å². The average Bonchev–Trinajstić information content (AvgIpc) is 2.37. The molecule has 92 valence electrons. The molecule has 1 aromatic rings. The number of hydrogen-bond donors (Lipinski definition) is 2. The van der Waals surface area contributed by atoms with E-state index in [1.807, 2.05) is 36.4 Å². The second kappa shape index (κ2) is 8.70. The fourth-order valence-electron chi connectivity index (χ4n) is 1.23. The van der Waals surface area contributed by atoms with Gasteiger partial charge in [-0.25, -0.2) is 0 Å². The molecule has 1 aromatic carbocycles. The Kier molecular flexibility index (Phi) is 6.98. The van der Waals surface area contributed by atoms with Gasteiger partial charge in [-0.05, 0) is 12.1 Å². The molecule has 0 radical (unpaired) electrons. The Hall–Kier alpha value is -1.42. The van der Waals surface area contributed by atoms with E-state index >= 15 is 0 Å². The van der Waals surface area contributed by atoms with E-state index in [1.165, 1.54) is 0 Å². The Labute approximate surface area is 107 Å². The molecule has 17 heavy (non-hydrogen) atoms. The Bertz CT molecular complexity index is 341. The first kappa shape index (κ1) is 13.6. The lowest BCUT2D eigenvalue weighted by Gasteiger charge is -2.07. The predicted octanol–water partition coefficient (Wildman–Crippen LogP) is 2.13. The van der Waals surface area contributed by atoms with E-state index in [-0.39, 0.29) is 5.91 Å². The van der Waals surface area contributed by atoms with E-state index in [4.69, 9.17) is 0 Å². The van der Waals surface area contributed by atoms with Crippen molar-refractivity contribution in [1.82, 2.24) is 5.32 Å². The fraction of sp³-hybridized carbons (Fsp3) is 0.308. The van der Waals surface area contributed by atoms with Crippen LogP contribution in [0.5, 0.6) is 0 Å². The first-order chi connectivity index (χ1) is 8.33. The smallest absolute Gasteiger partial charge is 0.239 e. The maximum Gasteiger partial charge on any atom is 0.239 e. The molecule has 0 unspecified atom stereocenters. The van der Waals surface area contributed by atoms with Crippen molar-refractivity contribution in [1.29, 1.82) is 0 Å². The van der Waals surface area contributed by atoms with E-state index < -0.39 is 0 Å². The van der Waals surface area contributed by atoms with Crippen LogP contribution in [0.1, 0.15) is 0 Å². The maximum absolute atomic E-state index is 11.4. The van der Waals surface area contributed by atoms with E-state index in [9.17, 15) is 4.79 Å². The van der Waals surface area contributed by atoms with Crippen molar-refractivity contribution in [3.63, 3.8) is 0 Å². The third-order valence-electron chi connectivity index (χ3n) is 2.03. The summed E-state index contributed by atoms with van der Waals surface area (Å²) in [6.07, 6.45) is 1.86. The van der Waals surface area contributed by atoms with Gasteiger partial charge >= 0.3 is 0 Å². The number of amides is 1. The minimum atomic E-state index is 0.0213. The standard InChI is InChI=1S/C13H18N2OS/c1-2-9-17-10-8-14-13(16)11-15-12-6-4-3-5-7-12/h2-7,15H,1,8-11H2,(H,14,16). The van der Waals surface area contributed by atoms with E-state index in [0.29, 0.717) is 13.1 Å².